The van der Waals surface area contributed by atoms with E-state index in [0.717, 1.165) is 17.0 Å². The number of unbranched alkanes of at least 4 members (excludes halogenated alkanes) is 4. The number of benzene rings is 2. The van der Waals surface area contributed by atoms with Gasteiger partial charge in [0, 0.05) is 0 Å². The first-order chi connectivity index (χ1) is 14.7. The van der Waals surface area contributed by atoms with Crippen molar-refractivity contribution in [1.29, 1.82) is 0 Å². The molecule has 0 N–H and O–H groups in total. The molecule has 30 heavy (non-hydrogen) atoms. The van der Waals surface area contributed by atoms with Crippen molar-refractivity contribution in [3.05, 3.63) is 60.2 Å². The number of rotatable bonds is 9. The maximum Gasteiger partial charge on any atom is 0.513 e. The highest BCUT2D eigenvalue weighted by Crippen LogP contribution is 2.34. The Morgan fingerprint density at radius 2 is 1.53 bits per heavy atom. The molecule has 1 atom stereocenters. The standard InChI is InChI=1S/C27H34O3/c1-3-4-5-6-7-8-21-9-11-22(12-10-21)23-13-15-24(16-14-23)25-17-19-26(20-18-25)30-27(28)29-2/h11,13-21H,3-10,12H2,1-2H3. The maximum atomic E-state index is 11.2. The minimum Gasteiger partial charge on any atom is -0.437 e. The number of allylic oxidation sites excluding steroid dienone is 2. The third-order valence-corrected chi connectivity index (χ3v) is 6.05. The van der Waals surface area contributed by atoms with E-state index < -0.39 is 6.16 Å². The van der Waals surface area contributed by atoms with Gasteiger partial charge in [-0.2, -0.15) is 0 Å². The fourth-order valence-electron chi connectivity index (χ4n) is 4.18. The van der Waals surface area contributed by atoms with Gasteiger partial charge in [0.05, 0.1) is 7.11 Å². The van der Waals surface area contributed by atoms with Crippen LogP contribution in [0.3, 0.4) is 0 Å². The van der Waals surface area contributed by atoms with Crippen molar-refractivity contribution in [3.63, 3.8) is 0 Å². The largest absolute Gasteiger partial charge is 0.513 e. The number of methoxy groups -OCH3 is 1. The molecule has 160 valence electrons. The topological polar surface area (TPSA) is 35.5 Å². The molecule has 2 aromatic carbocycles. The Kier molecular flexibility index (Phi) is 8.55. The minimum atomic E-state index is -0.702. The van der Waals surface area contributed by atoms with Crippen molar-refractivity contribution in [2.75, 3.05) is 7.11 Å². The fourth-order valence-corrected chi connectivity index (χ4v) is 4.18. The molecule has 2 aromatic rings. The van der Waals surface area contributed by atoms with Crippen LogP contribution >= 0.6 is 0 Å². The lowest BCUT2D eigenvalue weighted by molar-refractivity contribution is 0.121. The highest BCUT2D eigenvalue weighted by molar-refractivity contribution is 5.71. The summed E-state index contributed by atoms with van der Waals surface area (Å²) in [5, 5.41) is 0. The van der Waals surface area contributed by atoms with Gasteiger partial charge in [0.15, 0.2) is 0 Å². The van der Waals surface area contributed by atoms with Crippen molar-refractivity contribution in [2.24, 2.45) is 5.92 Å². The molecule has 3 nitrogen and oxygen atoms in total. The molecule has 1 aliphatic carbocycles. The van der Waals surface area contributed by atoms with Crippen molar-refractivity contribution in [3.8, 4) is 16.9 Å². The first kappa shape index (κ1) is 22.1. The molecule has 1 unspecified atom stereocenters. The summed E-state index contributed by atoms with van der Waals surface area (Å²) in [5.74, 6) is 1.36. The van der Waals surface area contributed by atoms with E-state index in [1.54, 1.807) is 12.1 Å². The van der Waals surface area contributed by atoms with Gasteiger partial charge < -0.3 is 9.47 Å². The van der Waals surface area contributed by atoms with E-state index in [9.17, 15) is 4.79 Å². The monoisotopic (exact) mass is 406 g/mol. The molecule has 0 aliphatic heterocycles. The maximum absolute atomic E-state index is 11.2. The summed E-state index contributed by atoms with van der Waals surface area (Å²) in [6.07, 6.45) is 13.8. The molecular weight excluding hydrogens is 372 g/mol. The van der Waals surface area contributed by atoms with Crippen LogP contribution in [0.15, 0.2) is 54.6 Å². The van der Waals surface area contributed by atoms with Crippen LogP contribution in [0.2, 0.25) is 0 Å². The van der Waals surface area contributed by atoms with Gasteiger partial charge >= 0.3 is 6.16 Å². The highest BCUT2D eigenvalue weighted by atomic mass is 16.7. The third-order valence-electron chi connectivity index (χ3n) is 6.05. The molecule has 0 saturated heterocycles. The van der Waals surface area contributed by atoms with E-state index >= 15 is 0 Å². The summed E-state index contributed by atoms with van der Waals surface area (Å²) in [7, 11) is 1.30. The summed E-state index contributed by atoms with van der Waals surface area (Å²) >= 11 is 0. The zero-order valence-electron chi connectivity index (χ0n) is 18.4. The van der Waals surface area contributed by atoms with Gasteiger partial charge in [-0.1, -0.05) is 87.9 Å². The smallest absolute Gasteiger partial charge is 0.437 e. The fraction of sp³-hybridized carbons (Fsp3) is 0.444. The molecule has 0 fully saturated rings. The molecule has 3 heteroatoms. The molecule has 0 aromatic heterocycles. The second-order valence-corrected chi connectivity index (χ2v) is 8.23. The van der Waals surface area contributed by atoms with Crippen LogP contribution in [0.25, 0.3) is 16.7 Å². The van der Waals surface area contributed by atoms with Gasteiger partial charge in [0.1, 0.15) is 5.75 Å². The van der Waals surface area contributed by atoms with E-state index in [2.05, 4.69) is 42.0 Å². The van der Waals surface area contributed by atoms with E-state index in [-0.39, 0.29) is 0 Å². The summed E-state index contributed by atoms with van der Waals surface area (Å²) in [6, 6.07) is 16.3. The Morgan fingerprint density at radius 1 is 0.900 bits per heavy atom. The Labute approximate surface area is 181 Å². The van der Waals surface area contributed by atoms with Crippen molar-refractivity contribution >= 4 is 11.7 Å². The average molecular weight is 407 g/mol. The lowest BCUT2D eigenvalue weighted by Gasteiger charge is -2.22. The van der Waals surface area contributed by atoms with Crippen LogP contribution < -0.4 is 4.74 Å². The van der Waals surface area contributed by atoms with Gasteiger partial charge in [0.2, 0.25) is 0 Å². The molecule has 1 aliphatic rings. The normalized spacial score (nSPS) is 16.1. The van der Waals surface area contributed by atoms with Crippen LogP contribution in [0.4, 0.5) is 4.79 Å². The number of carbonyl (C=O) groups excluding carboxylic acids is 1. The van der Waals surface area contributed by atoms with Crippen molar-refractivity contribution in [1.82, 2.24) is 0 Å². The van der Waals surface area contributed by atoms with Crippen molar-refractivity contribution in [2.45, 2.75) is 64.7 Å². The molecule has 0 spiro atoms. The zero-order chi connectivity index (χ0) is 21.2. The number of hydrogen-bond acceptors (Lipinski definition) is 3. The Bertz CT molecular complexity index is 818. The summed E-state index contributed by atoms with van der Waals surface area (Å²) in [5.41, 5.74) is 5.08. The summed E-state index contributed by atoms with van der Waals surface area (Å²) < 4.78 is 9.55. The quantitative estimate of drug-likeness (QED) is 0.240. The van der Waals surface area contributed by atoms with Crippen LogP contribution in [-0.2, 0) is 4.74 Å². The molecule has 0 radical (unpaired) electrons. The Hall–Kier alpha value is -2.55. The predicted octanol–water partition coefficient (Wildman–Crippen LogP) is 8.04. The molecule has 3 rings (SSSR count). The number of carbonyl (C=O) groups is 1. The average Bonchev–Trinajstić information content (AvgIpc) is 2.80. The predicted molar refractivity (Wildman–Crippen MR) is 124 cm³/mol. The summed E-state index contributed by atoms with van der Waals surface area (Å²) in [4.78, 5) is 11.2. The van der Waals surface area contributed by atoms with Crippen LogP contribution in [0.1, 0.15) is 70.3 Å². The second kappa shape index (κ2) is 11.6. The van der Waals surface area contributed by atoms with Crippen molar-refractivity contribution < 1.29 is 14.3 Å². The van der Waals surface area contributed by atoms with E-state index in [1.165, 1.54) is 76.0 Å². The highest BCUT2D eigenvalue weighted by Gasteiger charge is 2.15. The van der Waals surface area contributed by atoms with Crippen LogP contribution in [0, 0.1) is 5.92 Å². The van der Waals surface area contributed by atoms with Gasteiger partial charge in [-0.05, 0) is 59.6 Å². The Balaban J connectivity index is 1.52. The number of ether oxygens (including phenoxy) is 2. The SMILES string of the molecule is CCCCCCCC1CC=C(c2ccc(-c3ccc(OC(=O)OC)cc3)cc2)CC1. The first-order valence-corrected chi connectivity index (χ1v) is 11.3. The molecule has 0 heterocycles. The van der Waals surface area contributed by atoms with Gasteiger partial charge in [-0.15, -0.1) is 0 Å². The molecule has 0 amide bonds. The lowest BCUT2D eigenvalue weighted by atomic mass is 9.83. The minimum absolute atomic E-state index is 0.481. The van der Waals surface area contributed by atoms with Gasteiger partial charge in [0.25, 0.3) is 0 Å². The van der Waals surface area contributed by atoms with E-state index in [1.807, 2.05) is 12.1 Å². The first-order valence-electron chi connectivity index (χ1n) is 11.3. The molecular formula is C27H34O3. The van der Waals surface area contributed by atoms with E-state index in [4.69, 9.17) is 4.74 Å². The second-order valence-electron chi connectivity index (χ2n) is 8.23. The molecule has 0 saturated carbocycles. The van der Waals surface area contributed by atoms with Crippen LogP contribution in [-0.4, -0.2) is 13.3 Å². The third kappa shape index (κ3) is 6.48. The van der Waals surface area contributed by atoms with Gasteiger partial charge in [-0.3, -0.25) is 0 Å². The van der Waals surface area contributed by atoms with Gasteiger partial charge in [-0.25, -0.2) is 4.79 Å². The zero-order valence-corrected chi connectivity index (χ0v) is 18.4. The molecule has 0 bridgehead atoms. The summed E-state index contributed by atoms with van der Waals surface area (Å²) in [6.45, 7) is 2.28. The lowest BCUT2D eigenvalue weighted by Crippen LogP contribution is -2.06. The van der Waals surface area contributed by atoms with Crippen LogP contribution in [0.5, 0.6) is 5.75 Å². The Morgan fingerprint density at radius 3 is 2.13 bits per heavy atom. The van der Waals surface area contributed by atoms with E-state index in [0.29, 0.717) is 5.75 Å². The number of hydrogen-bond donors (Lipinski definition) is 0.